The van der Waals surface area contributed by atoms with Crippen molar-refractivity contribution in [2.24, 2.45) is 17.8 Å². The molecule has 4 heteroatoms. The lowest BCUT2D eigenvalue weighted by molar-refractivity contribution is 0.297. The Kier molecular flexibility index (Phi) is 3.79. The number of benzene rings is 1. The molecule has 1 aromatic rings. The maximum absolute atomic E-state index is 13.0. The van der Waals surface area contributed by atoms with Gasteiger partial charge in [0.25, 0.3) is 0 Å². The van der Waals surface area contributed by atoms with Gasteiger partial charge in [-0.3, -0.25) is 0 Å². The molecule has 2 unspecified atom stereocenters. The Hall–Kier alpha value is -0.640. The van der Waals surface area contributed by atoms with E-state index in [1.807, 2.05) is 0 Å². The van der Waals surface area contributed by atoms with Crippen molar-refractivity contribution >= 4 is 11.6 Å². The van der Waals surface area contributed by atoms with Gasteiger partial charge in [-0.2, -0.15) is 0 Å². The Morgan fingerprint density at radius 1 is 1.37 bits per heavy atom. The molecule has 2 aliphatic rings. The van der Waals surface area contributed by atoms with E-state index in [9.17, 15) is 4.39 Å². The molecule has 0 aromatic heterocycles. The first-order chi connectivity index (χ1) is 9.19. The maximum atomic E-state index is 13.0. The Morgan fingerprint density at radius 3 is 2.74 bits per heavy atom. The van der Waals surface area contributed by atoms with Gasteiger partial charge < -0.3 is 10.2 Å². The van der Waals surface area contributed by atoms with E-state index in [1.165, 1.54) is 25.7 Å². The average Bonchev–Trinajstić information content (AvgIpc) is 2.86. The summed E-state index contributed by atoms with van der Waals surface area (Å²) in [7, 11) is 0. The molecule has 2 fully saturated rings. The summed E-state index contributed by atoms with van der Waals surface area (Å²) in [4.78, 5) is 2.53. The largest absolute Gasteiger partial charge is 0.312 e. The molecule has 1 heterocycles. The minimum atomic E-state index is -0.346. The highest BCUT2D eigenvalue weighted by molar-refractivity contribution is 6.30. The lowest BCUT2D eigenvalue weighted by atomic mass is 10.2. The number of rotatable bonds is 5. The molecule has 104 valence electrons. The fraction of sp³-hybridized carbons (Fsp3) is 0.600. The number of likely N-dealkylation sites (tertiary alicyclic amines) is 1. The molecule has 19 heavy (non-hydrogen) atoms. The monoisotopic (exact) mass is 282 g/mol. The fourth-order valence-corrected chi connectivity index (χ4v) is 3.53. The first-order valence-corrected chi connectivity index (χ1v) is 7.44. The second kappa shape index (κ2) is 5.39. The molecule has 1 saturated carbocycles. The Balaban J connectivity index is 1.42. The number of nitrogens with one attached hydrogen (secondary N) is 1. The van der Waals surface area contributed by atoms with Gasteiger partial charge in [-0.05, 0) is 48.5 Å². The molecule has 2 nitrogen and oxygen atoms in total. The van der Waals surface area contributed by atoms with Crippen LogP contribution in [-0.2, 0) is 6.54 Å². The zero-order chi connectivity index (χ0) is 13.4. The van der Waals surface area contributed by atoms with Crippen LogP contribution in [0.1, 0.15) is 12.5 Å². The van der Waals surface area contributed by atoms with E-state index in [-0.39, 0.29) is 10.8 Å². The molecular formula is C15H20ClFN2. The molecule has 1 aliphatic carbocycles. The van der Waals surface area contributed by atoms with Crippen molar-refractivity contribution in [1.82, 2.24) is 10.2 Å². The molecule has 1 aliphatic heterocycles. The number of halogens is 2. The molecular weight excluding hydrogens is 263 g/mol. The van der Waals surface area contributed by atoms with Crippen molar-refractivity contribution in [2.45, 2.75) is 13.5 Å². The van der Waals surface area contributed by atoms with Gasteiger partial charge >= 0.3 is 0 Å². The summed E-state index contributed by atoms with van der Waals surface area (Å²) in [5.74, 6) is 2.31. The summed E-state index contributed by atoms with van der Waals surface area (Å²) in [5.41, 5.74) is 1.05. The molecule has 1 saturated heterocycles. The smallest absolute Gasteiger partial charge is 0.141 e. The second-order valence-corrected chi connectivity index (χ2v) is 6.13. The van der Waals surface area contributed by atoms with Crippen LogP contribution in [-0.4, -0.2) is 31.1 Å². The standard InChI is InChI=1S/C15H20ClFN2/c1-2-19-8-12-11(13(12)9-19)7-18-6-10-3-4-15(17)14(16)5-10/h3-5,11-13,18H,2,6-9H2,1H3. The van der Waals surface area contributed by atoms with Gasteiger partial charge in [0, 0.05) is 19.6 Å². The van der Waals surface area contributed by atoms with Crippen LogP contribution >= 0.6 is 11.6 Å². The Bertz CT molecular complexity index is 453. The van der Waals surface area contributed by atoms with Crippen molar-refractivity contribution in [3.63, 3.8) is 0 Å². The maximum Gasteiger partial charge on any atom is 0.141 e. The first-order valence-electron chi connectivity index (χ1n) is 7.06. The highest BCUT2D eigenvalue weighted by Gasteiger charge is 2.54. The molecule has 3 rings (SSSR count). The third-order valence-electron chi connectivity index (χ3n) is 4.59. The normalized spacial score (nSPS) is 29.5. The van der Waals surface area contributed by atoms with Crippen LogP contribution in [0.25, 0.3) is 0 Å². The quantitative estimate of drug-likeness (QED) is 0.893. The van der Waals surface area contributed by atoms with Crippen LogP contribution in [0, 0.1) is 23.6 Å². The van der Waals surface area contributed by atoms with E-state index >= 15 is 0 Å². The number of hydrogen-bond donors (Lipinski definition) is 1. The second-order valence-electron chi connectivity index (χ2n) is 5.72. The third kappa shape index (κ3) is 2.78. The minimum absolute atomic E-state index is 0.209. The predicted octanol–water partition coefficient (Wildman–Crippen LogP) is 2.77. The first kappa shape index (κ1) is 13.3. The highest BCUT2D eigenvalue weighted by Crippen LogP contribution is 2.51. The Labute approximate surface area is 118 Å². The predicted molar refractivity (Wildman–Crippen MR) is 75.7 cm³/mol. The topological polar surface area (TPSA) is 15.3 Å². The van der Waals surface area contributed by atoms with Crippen LogP contribution in [0.15, 0.2) is 18.2 Å². The molecule has 1 N–H and O–H groups in total. The number of hydrogen-bond acceptors (Lipinski definition) is 2. The van der Waals surface area contributed by atoms with Gasteiger partial charge in [0.2, 0.25) is 0 Å². The van der Waals surface area contributed by atoms with E-state index in [1.54, 1.807) is 12.1 Å². The van der Waals surface area contributed by atoms with Gasteiger partial charge in [0.1, 0.15) is 5.82 Å². The van der Waals surface area contributed by atoms with Gasteiger partial charge in [-0.25, -0.2) is 4.39 Å². The SMILES string of the molecule is CCN1CC2C(CNCc3ccc(F)c(Cl)c3)C2C1. The fourth-order valence-electron chi connectivity index (χ4n) is 3.33. The van der Waals surface area contributed by atoms with E-state index in [4.69, 9.17) is 11.6 Å². The van der Waals surface area contributed by atoms with Crippen LogP contribution < -0.4 is 5.32 Å². The summed E-state index contributed by atoms with van der Waals surface area (Å²) in [5, 5.41) is 3.68. The molecule has 0 radical (unpaired) electrons. The molecule has 1 aromatic carbocycles. The minimum Gasteiger partial charge on any atom is -0.312 e. The van der Waals surface area contributed by atoms with Crippen LogP contribution in [0.3, 0.4) is 0 Å². The zero-order valence-corrected chi connectivity index (χ0v) is 12.0. The van der Waals surface area contributed by atoms with Gasteiger partial charge in [0.15, 0.2) is 0 Å². The van der Waals surface area contributed by atoms with Crippen LogP contribution in [0.5, 0.6) is 0 Å². The van der Waals surface area contributed by atoms with Crippen LogP contribution in [0.2, 0.25) is 5.02 Å². The van der Waals surface area contributed by atoms with E-state index in [2.05, 4.69) is 17.1 Å². The number of nitrogens with zero attached hydrogens (tertiary/aromatic N) is 1. The summed E-state index contributed by atoms with van der Waals surface area (Å²) >= 11 is 5.77. The highest BCUT2D eigenvalue weighted by atomic mass is 35.5. The summed E-state index contributed by atoms with van der Waals surface area (Å²) in [6.07, 6.45) is 0. The van der Waals surface area contributed by atoms with Crippen molar-refractivity contribution in [3.8, 4) is 0 Å². The summed E-state index contributed by atoms with van der Waals surface area (Å²) in [6, 6.07) is 4.93. The van der Waals surface area contributed by atoms with Crippen molar-refractivity contribution in [3.05, 3.63) is 34.6 Å². The number of piperidine rings is 1. The van der Waals surface area contributed by atoms with E-state index in [0.717, 1.165) is 36.4 Å². The lowest BCUT2D eigenvalue weighted by Gasteiger charge is -2.16. The van der Waals surface area contributed by atoms with E-state index in [0.29, 0.717) is 0 Å². The van der Waals surface area contributed by atoms with Crippen LogP contribution in [0.4, 0.5) is 4.39 Å². The van der Waals surface area contributed by atoms with Gasteiger partial charge in [0.05, 0.1) is 5.02 Å². The van der Waals surface area contributed by atoms with Crippen molar-refractivity contribution < 1.29 is 4.39 Å². The Morgan fingerprint density at radius 2 is 2.11 bits per heavy atom. The van der Waals surface area contributed by atoms with Crippen molar-refractivity contribution in [1.29, 1.82) is 0 Å². The average molecular weight is 283 g/mol. The van der Waals surface area contributed by atoms with E-state index < -0.39 is 0 Å². The zero-order valence-electron chi connectivity index (χ0n) is 11.2. The third-order valence-corrected chi connectivity index (χ3v) is 4.88. The van der Waals surface area contributed by atoms with Gasteiger partial charge in [-0.1, -0.05) is 24.6 Å². The lowest BCUT2D eigenvalue weighted by Crippen LogP contribution is -2.27. The molecule has 0 spiro atoms. The molecule has 2 atom stereocenters. The molecule has 0 bridgehead atoms. The summed E-state index contributed by atoms with van der Waals surface area (Å²) < 4.78 is 13.0. The number of fused-ring (bicyclic) bond motifs is 1. The van der Waals surface area contributed by atoms with Crippen molar-refractivity contribution in [2.75, 3.05) is 26.2 Å². The molecule has 0 amide bonds. The summed E-state index contributed by atoms with van der Waals surface area (Å²) in [6.45, 7) is 7.80. The van der Waals surface area contributed by atoms with Gasteiger partial charge in [-0.15, -0.1) is 0 Å².